The van der Waals surface area contributed by atoms with Crippen LogP contribution in [0.2, 0.25) is 0 Å². The third-order valence-corrected chi connectivity index (χ3v) is 5.27. The molecule has 0 bridgehead atoms. The van der Waals surface area contributed by atoms with Crippen LogP contribution >= 0.6 is 0 Å². The van der Waals surface area contributed by atoms with E-state index >= 15 is 0 Å². The fourth-order valence-corrected chi connectivity index (χ4v) is 3.66. The van der Waals surface area contributed by atoms with Gasteiger partial charge < -0.3 is 18.3 Å². The molecule has 8 nitrogen and oxygen atoms in total. The number of hydrogen-bond acceptors (Lipinski definition) is 7. The summed E-state index contributed by atoms with van der Waals surface area (Å²) in [4.78, 5) is 22.1. The van der Waals surface area contributed by atoms with Crippen molar-refractivity contribution in [2.24, 2.45) is 0 Å². The minimum absolute atomic E-state index is 0.211. The number of aromatic nitrogens is 3. The standard InChI is InChI=1S/C24H21N3O5/c1-4-30-19-10-9-15(11-20(19)29-3)23-26-17(14(2)31-23)12-27-13-25-21-16-7-5-6-8-18(16)32-22(21)24(27)28/h5-11,13H,4,12H2,1-3H3. The molecular formula is C24H21N3O5. The first-order chi connectivity index (χ1) is 15.6. The van der Waals surface area contributed by atoms with E-state index in [0.717, 1.165) is 10.9 Å². The van der Waals surface area contributed by atoms with Crippen molar-refractivity contribution in [3.05, 3.63) is 70.6 Å². The summed E-state index contributed by atoms with van der Waals surface area (Å²) < 4.78 is 24.1. The lowest BCUT2D eigenvalue weighted by Crippen LogP contribution is -2.21. The fraction of sp³-hybridized carbons (Fsp3) is 0.208. The molecule has 0 spiro atoms. The Hall–Kier alpha value is -4.07. The average molecular weight is 431 g/mol. The van der Waals surface area contributed by atoms with Crippen LogP contribution in [0.1, 0.15) is 18.4 Å². The minimum Gasteiger partial charge on any atom is -0.493 e. The molecule has 5 rings (SSSR count). The van der Waals surface area contributed by atoms with Crippen LogP contribution in [-0.4, -0.2) is 28.3 Å². The van der Waals surface area contributed by atoms with Gasteiger partial charge in [-0.2, -0.15) is 0 Å². The maximum absolute atomic E-state index is 13.0. The summed E-state index contributed by atoms with van der Waals surface area (Å²) in [5, 5.41) is 0.816. The molecule has 0 saturated carbocycles. The van der Waals surface area contributed by atoms with Crippen LogP contribution < -0.4 is 15.0 Å². The van der Waals surface area contributed by atoms with E-state index < -0.39 is 0 Å². The molecule has 2 aromatic carbocycles. The molecule has 3 heterocycles. The molecule has 0 atom stereocenters. The first-order valence-electron chi connectivity index (χ1n) is 10.2. The van der Waals surface area contributed by atoms with Crippen molar-refractivity contribution in [3.8, 4) is 23.0 Å². The molecule has 0 unspecified atom stereocenters. The first-order valence-corrected chi connectivity index (χ1v) is 10.2. The molecule has 162 valence electrons. The van der Waals surface area contributed by atoms with Crippen molar-refractivity contribution in [1.29, 1.82) is 0 Å². The van der Waals surface area contributed by atoms with E-state index in [4.69, 9.17) is 18.3 Å². The highest BCUT2D eigenvalue weighted by Crippen LogP contribution is 2.33. The number of furan rings is 1. The van der Waals surface area contributed by atoms with Crippen molar-refractivity contribution in [1.82, 2.24) is 14.5 Å². The van der Waals surface area contributed by atoms with Crippen molar-refractivity contribution >= 4 is 22.1 Å². The van der Waals surface area contributed by atoms with Gasteiger partial charge in [-0.3, -0.25) is 9.36 Å². The summed E-state index contributed by atoms with van der Waals surface area (Å²) in [6, 6.07) is 12.9. The van der Waals surface area contributed by atoms with Crippen LogP contribution in [0.25, 0.3) is 33.5 Å². The van der Waals surface area contributed by atoms with E-state index in [9.17, 15) is 4.79 Å². The van der Waals surface area contributed by atoms with Crippen LogP contribution in [0.5, 0.6) is 11.5 Å². The van der Waals surface area contributed by atoms with Crippen molar-refractivity contribution in [2.45, 2.75) is 20.4 Å². The number of ether oxygens (including phenoxy) is 2. The van der Waals surface area contributed by atoms with Crippen molar-refractivity contribution < 1.29 is 18.3 Å². The number of aryl methyl sites for hydroxylation is 1. The van der Waals surface area contributed by atoms with Gasteiger partial charge in [0.1, 0.15) is 22.6 Å². The molecule has 0 aliphatic heterocycles. The largest absolute Gasteiger partial charge is 0.493 e. The Morgan fingerprint density at radius 1 is 1.09 bits per heavy atom. The monoisotopic (exact) mass is 431 g/mol. The smallest absolute Gasteiger partial charge is 0.297 e. The number of oxazole rings is 1. The zero-order valence-corrected chi connectivity index (χ0v) is 17.9. The highest BCUT2D eigenvalue weighted by atomic mass is 16.5. The molecule has 0 aliphatic carbocycles. The lowest BCUT2D eigenvalue weighted by atomic mass is 10.2. The Balaban J connectivity index is 1.50. The van der Waals surface area contributed by atoms with E-state index in [0.29, 0.717) is 46.6 Å². The average Bonchev–Trinajstić information content (AvgIpc) is 3.37. The summed E-state index contributed by atoms with van der Waals surface area (Å²) in [6.07, 6.45) is 1.51. The van der Waals surface area contributed by atoms with Crippen LogP contribution in [0.15, 0.2) is 62.4 Å². The molecule has 3 aromatic heterocycles. The van der Waals surface area contributed by atoms with Gasteiger partial charge in [0.2, 0.25) is 11.5 Å². The van der Waals surface area contributed by atoms with E-state index in [2.05, 4.69) is 9.97 Å². The van der Waals surface area contributed by atoms with Crippen molar-refractivity contribution in [3.63, 3.8) is 0 Å². The predicted octanol–water partition coefficient (Wildman–Crippen LogP) is 4.56. The molecular weight excluding hydrogens is 410 g/mol. The Morgan fingerprint density at radius 3 is 2.75 bits per heavy atom. The number of benzene rings is 2. The third kappa shape index (κ3) is 3.30. The molecule has 0 fully saturated rings. The Kier molecular flexibility index (Phi) is 4.89. The lowest BCUT2D eigenvalue weighted by molar-refractivity contribution is 0.311. The maximum Gasteiger partial charge on any atom is 0.297 e. The molecule has 0 amide bonds. The van der Waals surface area contributed by atoms with Gasteiger partial charge in [0.15, 0.2) is 11.5 Å². The van der Waals surface area contributed by atoms with Crippen molar-refractivity contribution in [2.75, 3.05) is 13.7 Å². The van der Waals surface area contributed by atoms with E-state index in [1.54, 1.807) is 7.11 Å². The summed E-state index contributed by atoms with van der Waals surface area (Å²) in [5.74, 6) is 2.30. The quantitative estimate of drug-likeness (QED) is 0.389. The molecule has 0 radical (unpaired) electrons. The Labute approximate surface area is 183 Å². The van der Waals surface area contributed by atoms with Gasteiger partial charge in [-0.1, -0.05) is 12.1 Å². The number of nitrogens with zero attached hydrogens (tertiary/aromatic N) is 3. The van der Waals surface area contributed by atoms with Gasteiger partial charge in [-0.05, 0) is 44.2 Å². The van der Waals surface area contributed by atoms with Crippen LogP contribution in [0.4, 0.5) is 0 Å². The van der Waals surface area contributed by atoms with Crippen LogP contribution in [-0.2, 0) is 6.54 Å². The number of hydrogen-bond donors (Lipinski definition) is 0. The molecule has 8 heteroatoms. The second-order valence-corrected chi connectivity index (χ2v) is 7.27. The molecule has 32 heavy (non-hydrogen) atoms. The lowest BCUT2D eigenvalue weighted by Gasteiger charge is -2.09. The van der Waals surface area contributed by atoms with Gasteiger partial charge in [-0.25, -0.2) is 9.97 Å². The predicted molar refractivity (Wildman–Crippen MR) is 119 cm³/mol. The minimum atomic E-state index is -0.266. The number of methoxy groups -OCH3 is 1. The van der Waals surface area contributed by atoms with Gasteiger partial charge in [0.05, 0.1) is 26.6 Å². The van der Waals surface area contributed by atoms with Gasteiger partial charge in [0.25, 0.3) is 5.56 Å². The first kappa shape index (κ1) is 19.9. The Morgan fingerprint density at radius 2 is 1.94 bits per heavy atom. The van der Waals surface area contributed by atoms with E-state index in [1.807, 2.05) is 56.3 Å². The zero-order valence-electron chi connectivity index (χ0n) is 17.9. The molecule has 5 aromatic rings. The third-order valence-electron chi connectivity index (χ3n) is 5.27. The van der Waals surface area contributed by atoms with Crippen LogP contribution in [0.3, 0.4) is 0 Å². The summed E-state index contributed by atoms with van der Waals surface area (Å²) >= 11 is 0. The van der Waals surface area contributed by atoms with Gasteiger partial charge in [0, 0.05) is 10.9 Å². The van der Waals surface area contributed by atoms with Crippen LogP contribution in [0, 0.1) is 6.92 Å². The number of para-hydroxylation sites is 1. The second kappa shape index (κ2) is 7.88. The molecule has 0 saturated heterocycles. The highest BCUT2D eigenvalue weighted by molar-refractivity contribution is 6.01. The molecule has 0 aliphatic rings. The topological polar surface area (TPSA) is 92.5 Å². The zero-order chi connectivity index (χ0) is 22.2. The highest BCUT2D eigenvalue weighted by Gasteiger charge is 2.17. The van der Waals surface area contributed by atoms with Gasteiger partial charge in [-0.15, -0.1) is 0 Å². The summed E-state index contributed by atoms with van der Waals surface area (Å²) in [5.41, 5.74) is 2.53. The second-order valence-electron chi connectivity index (χ2n) is 7.27. The van der Waals surface area contributed by atoms with E-state index in [-0.39, 0.29) is 17.7 Å². The fourth-order valence-electron chi connectivity index (χ4n) is 3.66. The Bertz CT molecular complexity index is 1500. The number of fused-ring (bicyclic) bond motifs is 3. The number of rotatable bonds is 6. The van der Waals surface area contributed by atoms with E-state index in [1.165, 1.54) is 10.9 Å². The SMILES string of the molecule is CCOc1ccc(-c2nc(Cn3cnc4c(oc5ccccc54)c3=O)c(C)o2)cc1OC. The molecule has 0 N–H and O–H groups in total. The normalized spacial score (nSPS) is 11.3. The summed E-state index contributed by atoms with van der Waals surface area (Å²) in [7, 11) is 1.58. The maximum atomic E-state index is 13.0. The summed E-state index contributed by atoms with van der Waals surface area (Å²) in [6.45, 7) is 4.48. The van der Waals surface area contributed by atoms with Gasteiger partial charge >= 0.3 is 0 Å².